The number of nitrogens with zero attached hydrogens (tertiary/aromatic N) is 2. The molecule has 0 unspecified atom stereocenters. The van der Waals surface area contributed by atoms with Crippen molar-refractivity contribution in [2.24, 2.45) is 0 Å². The molecule has 1 aliphatic heterocycles. The maximum absolute atomic E-state index is 12.7. The number of hydrogen-bond acceptors (Lipinski definition) is 4. The molecule has 0 aliphatic carbocycles. The van der Waals surface area contributed by atoms with E-state index in [0.29, 0.717) is 24.5 Å². The molecule has 0 atom stereocenters. The molecule has 2 amide bonds. The highest BCUT2D eigenvalue weighted by Gasteiger charge is 2.19. The van der Waals surface area contributed by atoms with Crippen LogP contribution < -0.4 is 5.48 Å². The quantitative estimate of drug-likeness (QED) is 0.337. The zero-order valence-electron chi connectivity index (χ0n) is 17.8. The number of fused-ring (bicyclic) bond motifs is 1. The normalized spacial score (nSPS) is 12.9. The van der Waals surface area contributed by atoms with Gasteiger partial charge >= 0.3 is 0 Å². The van der Waals surface area contributed by atoms with Crippen LogP contribution in [0.4, 0.5) is 0 Å². The van der Waals surface area contributed by atoms with Gasteiger partial charge in [-0.15, -0.1) is 12.4 Å². The van der Waals surface area contributed by atoms with Crippen LogP contribution in [0.3, 0.4) is 0 Å². The van der Waals surface area contributed by atoms with Crippen LogP contribution in [0.5, 0.6) is 0 Å². The van der Waals surface area contributed by atoms with E-state index >= 15 is 0 Å². The standard InChI is InChI=1S/C26H23N3O3.ClH/c30-25(28-32)13-11-23-7-4-8-24(27-23)12-14-26(31)29-16-15-21-17-20(9-10-22(21)18-29)19-5-2-1-3-6-19;/h1-14,17,32H,15-16,18H2,(H,28,30);1H/b13-11+,14-12+;. The van der Waals surface area contributed by atoms with Crippen molar-refractivity contribution in [3.8, 4) is 11.1 Å². The van der Waals surface area contributed by atoms with Gasteiger partial charge in [0.1, 0.15) is 0 Å². The van der Waals surface area contributed by atoms with Crippen molar-refractivity contribution in [1.82, 2.24) is 15.4 Å². The molecule has 7 heteroatoms. The highest BCUT2D eigenvalue weighted by Crippen LogP contribution is 2.26. The van der Waals surface area contributed by atoms with E-state index in [4.69, 9.17) is 5.21 Å². The van der Waals surface area contributed by atoms with Crippen LogP contribution in [0.25, 0.3) is 23.3 Å². The van der Waals surface area contributed by atoms with E-state index in [-0.39, 0.29) is 18.3 Å². The third kappa shape index (κ3) is 6.16. The first-order valence-corrected chi connectivity index (χ1v) is 10.4. The van der Waals surface area contributed by atoms with Crippen molar-refractivity contribution in [2.75, 3.05) is 6.54 Å². The molecule has 1 aliphatic rings. The fourth-order valence-corrected chi connectivity index (χ4v) is 3.67. The van der Waals surface area contributed by atoms with Crippen molar-refractivity contribution < 1.29 is 14.8 Å². The SMILES string of the molecule is Cl.O=C(/C=C/c1cccc(/C=C/C(=O)N2CCc3cc(-c4ccccc4)ccc3C2)n1)NO. The fraction of sp³-hybridized carbons (Fsp3) is 0.115. The maximum Gasteiger partial charge on any atom is 0.267 e. The summed E-state index contributed by atoms with van der Waals surface area (Å²) < 4.78 is 0. The second-order valence-electron chi connectivity index (χ2n) is 7.49. The summed E-state index contributed by atoms with van der Waals surface area (Å²) in [7, 11) is 0. The highest BCUT2D eigenvalue weighted by molar-refractivity contribution is 5.92. The van der Waals surface area contributed by atoms with E-state index in [1.54, 1.807) is 24.3 Å². The first-order chi connectivity index (χ1) is 15.6. The summed E-state index contributed by atoms with van der Waals surface area (Å²) in [6.45, 7) is 1.25. The Labute approximate surface area is 198 Å². The number of rotatable bonds is 5. The van der Waals surface area contributed by atoms with Gasteiger partial charge in [-0.1, -0.05) is 54.6 Å². The van der Waals surface area contributed by atoms with Crippen molar-refractivity contribution in [2.45, 2.75) is 13.0 Å². The van der Waals surface area contributed by atoms with Crippen molar-refractivity contribution in [1.29, 1.82) is 0 Å². The van der Waals surface area contributed by atoms with Gasteiger partial charge in [0.25, 0.3) is 5.91 Å². The predicted octanol–water partition coefficient (Wildman–Crippen LogP) is 4.29. The van der Waals surface area contributed by atoms with Crippen molar-refractivity contribution in [3.63, 3.8) is 0 Å². The molecule has 0 spiro atoms. The number of amides is 2. The first kappa shape index (κ1) is 23.9. The van der Waals surface area contributed by atoms with Crippen LogP contribution in [0.2, 0.25) is 0 Å². The van der Waals surface area contributed by atoms with Crippen LogP contribution in [0.1, 0.15) is 22.5 Å². The lowest BCUT2D eigenvalue weighted by Gasteiger charge is -2.28. The van der Waals surface area contributed by atoms with Gasteiger partial charge in [-0.05, 0) is 53.0 Å². The largest absolute Gasteiger partial charge is 0.334 e. The number of benzene rings is 2. The minimum Gasteiger partial charge on any atom is -0.334 e. The molecule has 3 aromatic rings. The number of pyridine rings is 1. The minimum atomic E-state index is -0.635. The van der Waals surface area contributed by atoms with Gasteiger partial charge in [0, 0.05) is 25.2 Å². The average molecular weight is 462 g/mol. The Bertz CT molecular complexity index is 1190. The monoisotopic (exact) mass is 461 g/mol. The lowest BCUT2D eigenvalue weighted by atomic mass is 9.94. The maximum atomic E-state index is 12.7. The second-order valence-corrected chi connectivity index (χ2v) is 7.49. The summed E-state index contributed by atoms with van der Waals surface area (Å²) in [5, 5.41) is 8.54. The van der Waals surface area contributed by atoms with E-state index in [2.05, 4.69) is 35.3 Å². The molecule has 0 fully saturated rings. The summed E-state index contributed by atoms with van der Waals surface area (Å²) in [6.07, 6.45) is 6.67. The Morgan fingerprint density at radius 2 is 1.61 bits per heavy atom. The minimum absolute atomic E-state index is 0. The van der Waals surface area contributed by atoms with Crippen LogP contribution in [0, 0.1) is 0 Å². The molecule has 0 radical (unpaired) electrons. The molecule has 4 rings (SSSR count). The second kappa shape index (κ2) is 11.2. The lowest BCUT2D eigenvalue weighted by molar-refractivity contribution is -0.127. The third-order valence-corrected chi connectivity index (χ3v) is 5.34. The number of carbonyl (C=O) groups excluding carboxylic acids is 2. The molecule has 2 N–H and O–H groups in total. The van der Waals surface area contributed by atoms with Crippen LogP contribution >= 0.6 is 12.4 Å². The van der Waals surface area contributed by atoms with Gasteiger partial charge in [0.15, 0.2) is 0 Å². The molecular weight excluding hydrogens is 438 g/mol. The summed E-state index contributed by atoms with van der Waals surface area (Å²) in [4.78, 5) is 30.0. The van der Waals surface area contributed by atoms with Crippen molar-refractivity contribution >= 4 is 36.4 Å². The Kier molecular flexibility index (Phi) is 8.13. The highest BCUT2D eigenvalue weighted by atomic mass is 35.5. The van der Waals surface area contributed by atoms with Gasteiger partial charge in [-0.3, -0.25) is 14.8 Å². The van der Waals surface area contributed by atoms with Gasteiger partial charge in [-0.25, -0.2) is 10.5 Å². The van der Waals surface area contributed by atoms with E-state index in [1.807, 2.05) is 23.1 Å². The molecule has 0 saturated heterocycles. The fourth-order valence-electron chi connectivity index (χ4n) is 3.67. The Morgan fingerprint density at radius 1 is 0.879 bits per heavy atom. The molecule has 0 saturated carbocycles. The van der Waals surface area contributed by atoms with Gasteiger partial charge in [-0.2, -0.15) is 0 Å². The van der Waals surface area contributed by atoms with Crippen molar-refractivity contribution in [3.05, 3.63) is 101 Å². The summed E-state index contributed by atoms with van der Waals surface area (Å²) in [5.41, 5.74) is 7.52. The number of hydrogen-bond donors (Lipinski definition) is 2. The first-order valence-electron chi connectivity index (χ1n) is 10.4. The molecule has 0 bridgehead atoms. The molecule has 6 nitrogen and oxygen atoms in total. The smallest absolute Gasteiger partial charge is 0.267 e. The van der Waals surface area contributed by atoms with Crippen LogP contribution in [-0.2, 0) is 22.6 Å². The van der Waals surface area contributed by atoms with Gasteiger partial charge < -0.3 is 4.90 Å². The average Bonchev–Trinajstić information content (AvgIpc) is 2.86. The van der Waals surface area contributed by atoms with E-state index in [0.717, 1.165) is 6.42 Å². The number of aromatic nitrogens is 1. The van der Waals surface area contributed by atoms with E-state index in [9.17, 15) is 9.59 Å². The number of hydroxylamine groups is 1. The summed E-state index contributed by atoms with van der Waals surface area (Å²) in [6, 6.07) is 22.0. The van der Waals surface area contributed by atoms with E-state index < -0.39 is 5.91 Å². The summed E-state index contributed by atoms with van der Waals surface area (Å²) >= 11 is 0. The lowest BCUT2D eigenvalue weighted by Crippen LogP contribution is -2.34. The number of nitrogens with one attached hydrogen (secondary N) is 1. The van der Waals surface area contributed by atoms with Crippen LogP contribution in [0.15, 0.2) is 78.9 Å². The number of halogens is 1. The van der Waals surface area contributed by atoms with Gasteiger partial charge in [0.2, 0.25) is 5.91 Å². The molecular formula is C26H24ClN3O3. The van der Waals surface area contributed by atoms with Gasteiger partial charge in [0.05, 0.1) is 11.4 Å². The van der Waals surface area contributed by atoms with Crippen LogP contribution in [-0.4, -0.2) is 33.5 Å². The predicted molar refractivity (Wildman–Crippen MR) is 130 cm³/mol. The Hall–Kier alpha value is -3.74. The third-order valence-electron chi connectivity index (χ3n) is 5.34. The molecule has 2 heterocycles. The topological polar surface area (TPSA) is 82.5 Å². The molecule has 1 aromatic heterocycles. The molecule has 33 heavy (non-hydrogen) atoms. The number of carbonyl (C=O) groups is 2. The summed E-state index contributed by atoms with van der Waals surface area (Å²) in [5.74, 6) is -0.700. The zero-order chi connectivity index (χ0) is 22.3. The van der Waals surface area contributed by atoms with E-state index in [1.165, 1.54) is 46.0 Å². The molecule has 2 aromatic carbocycles. The Morgan fingerprint density at radius 3 is 2.33 bits per heavy atom. The molecule has 168 valence electrons. The Balaban J connectivity index is 0.00000306. The zero-order valence-corrected chi connectivity index (χ0v) is 18.7.